The van der Waals surface area contributed by atoms with Crippen molar-refractivity contribution in [3.8, 4) is 0 Å². The number of aliphatic hydroxyl groups is 1. The van der Waals surface area contributed by atoms with Crippen LogP contribution in [0.3, 0.4) is 0 Å². The molecule has 1 saturated heterocycles. The molecular weight excluding hydrogens is 384 g/mol. The van der Waals surface area contributed by atoms with E-state index >= 15 is 4.39 Å². The van der Waals surface area contributed by atoms with E-state index in [0.29, 0.717) is 36.0 Å². The smallest absolute Gasteiger partial charge is 0.275 e. The number of hydrogen-bond acceptors (Lipinski definition) is 5. The Morgan fingerprint density at radius 2 is 1.93 bits per heavy atom. The fourth-order valence-electron chi connectivity index (χ4n) is 6.78. The van der Waals surface area contributed by atoms with E-state index in [1.54, 1.807) is 7.05 Å². The average molecular weight is 417 g/mol. The van der Waals surface area contributed by atoms with Gasteiger partial charge in [-0.1, -0.05) is 0 Å². The van der Waals surface area contributed by atoms with Crippen LogP contribution in [0.2, 0.25) is 0 Å². The number of nitrogens with one attached hydrogen (secondary N) is 2. The summed E-state index contributed by atoms with van der Waals surface area (Å²) in [7, 11) is 3.80. The van der Waals surface area contributed by atoms with Gasteiger partial charge in [0.05, 0.1) is 5.60 Å². The minimum Gasteiger partial charge on any atom is -0.390 e. The summed E-state index contributed by atoms with van der Waals surface area (Å²) in [5.74, 6) is 0.955. The van der Waals surface area contributed by atoms with Gasteiger partial charge in [0.2, 0.25) is 0 Å². The van der Waals surface area contributed by atoms with Crippen LogP contribution < -0.4 is 10.6 Å². The minimum absolute atomic E-state index is 0.0198. The molecule has 2 unspecified atom stereocenters. The molecule has 1 amide bonds. The highest BCUT2D eigenvalue weighted by Crippen LogP contribution is 2.55. The summed E-state index contributed by atoms with van der Waals surface area (Å²) < 4.78 is 16.5. The lowest BCUT2D eigenvalue weighted by atomic mass is 9.52. The normalized spacial score (nSPS) is 36.2. The van der Waals surface area contributed by atoms with Gasteiger partial charge in [-0.05, 0) is 81.7 Å². The molecule has 1 aromatic rings. The number of anilines is 1. The van der Waals surface area contributed by atoms with Crippen molar-refractivity contribution in [2.45, 2.75) is 56.6 Å². The average Bonchev–Trinajstić information content (AvgIpc) is 2.97. The quantitative estimate of drug-likeness (QED) is 0.621. The molecule has 3 N–H and O–H groups in total. The summed E-state index contributed by atoms with van der Waals surface area (Å²) in [6.45, 7) is 2.82. The number of hydrogen-bond donors (Lipinski definition) is 3. The number of nitrogens with zero attached hydrogens (tertiary/aromatic N) is 3. The van der Waals surface area contributed by atoms with Gasteiger partial charge in [-0.15, -0.1) is 0 Å². The zero-order valence-electron chi connectivity index (χ0n) is 18.0. The second kappa shape index (κ2) is 7.52. The Morgan fingerprint density at radius 3 is 2.57 bits per heavy atom. The molecule has 2 heterocycles. The fourth-order valence-corrected chi connectivity index (χ4v) is 6.78. The predicted molar refractivity (Wildman–Crippen MR) is 114 cm³/mol. The first-order chi connectivity index (χ1) is 14.3. The van der Waals surface area contributed by atoms with Gasteiger partial charge in [0.15, 0.2) is 25.3 Å². The van der Waals surface area contributed by atoms with E-state index in [9.17, 15) is 9.90 Å². The Balaban J connectivity index is 1.24. The van der Waals surface area contributed by atoms with Crippen molar-refractivity contribution in [3.63, 3.8) is 0 Å². The van der Waals surface area contributed by atoms with Crippen molar-refractivity contribution < 1.29 is 14.3 Å². The van der Waals surface area contributed by atoms with Gasteiger partial charge < -0.3 is 20.6 Å². The van der Waals surface area contributed by atoms with Gasteiger partial charge in [0, 0.05) is 19.6 Å². The first kappa shape index (κ1) is 20.3. The van der Waals surface area contributed by atoms with E-state index in [0.717, 1.165) is 58.0 Å². The minimum atomic E-state index is -0.564. The Hall–Kier alpha value is -1.61. The summed E-state index contributed by atoms with van der Waals surface area (Å²) >= 11 is 0. The Labute approximate surface area is 178 Å². The van der Waals surface area contributed by atoms with Crippen molar-refractivity contribution in [3.05, 3.63) is 11.5 Å². The molecule has 0 aromatic carbocycles. The molecule has 2 atom stereocenters. The number of piperidine rings is 1. The molecule has 4 saturated carbocycles. The summed E-state index contributed by atoms with van der Waals surface area (Å²) in [6.07, 6.45) is 6.69. The maximum atomic E-state index is 15.1. The molecule has 9 heteroatoms. The second-order valence-electron chi connectivity index (χ2n) is 10.5. The topological polar surface area (TPSA) is 82.4 Å². The number of halogens is 1. The molecule has 30 heavy (non-hydrogen) atoms. The van der Waals surface area contributed by atoms with Gasteiger partial charge >= 0.3 is 0 Å². The van der Waals surface area contributed by atoms with Crippen LogP contribution in [0.5, 0.6) is 0 Å². The molecule has 0 radical (unpaired) electrons. The molecule has 7 nitrogen and oxygen atoms in total. The predicted octanol–water partition coefficient (Wildman–Crippen LogP) is 0.901. The number of carbonyl (C=O) groups excluding carboxylic acids is 1. The van der Waals surface area contributed by atoms with Crippen molar-refractivity contribution in [1.29, 1.82) is 0 Å². The van der Waals surface area contributed by atoms with Crippen LogP contribution in [-0.2, 0) is 7.05 Å². The summed E-state index contributed by atoms with van der Waals surface area (Å²) in [5, 5.41) is 21.2. The van der Waals surface area contributed by atoms with Crippen LogP contribution >= 0.6 is 0 Å². The third-order valence-corrected chi connectivity index (χ3v) is 8.14. The molecule has 0 spiro atoms. The number of aryl methyl sites for hydroxylation is 1. The molecule has 5 fully saturated rings. The van der Waals surface area contributed by atoms with E-state index in [2.05, 4.69) is 28.5 Å². The first-order valence-electron chi connectivity index (χ1n) is 11.5. The lowest BCUT2D eigenvalue weighted by Crippen LogP contribution is -2.61. The number of amides is 1. The maximum Gasteiger partial charge on any atom is 0.275 e. The van der Waals surface area contributed by atoms with Gasteiger partial charge in [-0.2, -0.15) is 5.10 Å². The zero-order chi connectivity index (χ0) is 21.0. The standard InChI is InChI=1S/C21H33BFN5O2/c1-27-19(24-11-12-2-4-28(22)5-3-12)16(23)18(26-27)20(29)25-17-14-6-13-7-15(17)10-21(30,8-13)9-14/h12-15,17,24,30H,2-11,22H2,1H3,(H,25,29)/t13?,14?,15?,17-,21-. The molecule has 1 aliphatic heterocycles. The Bertz CT molecular complexity index is 809. The van der Waals surface area contributed by atoms with Crippen LogP contribution in [0.15, 0.2) is 0 Å². The molecule has 4 aliphatic carbocycles. The monoisotopic (exact) mass is 417 g/mol. The van der Waals surface area contributed by atoms with Gasteiger partial charge in [0.1, 0.15) is 0 Å². The highest BCUT2D eigenvalue weighted by atomic mass is 19.1. The lowest BCUT2D eigenvalue weighted by Gasteiger charge is -2.58. The molecule has 1 aromatic heterocycles. The lowest BCUT2D eigenvalue weighted by molar-refractivity contribution is -0.137. The maximum absolute atomic E-state index is 15.1. The summed E-state index contributed by atoms with van der Waals surface area (Å²) in [4.78, 5) is 15.2. The first-order valence-corrected chi connectivity index (χ1v) is 11.5. The van der Waals surface area contributed by atoms with E-state index < -0.39 is 17.3 Å². The van der Waals surface area contributed by atoms with Gasteiger partial charge in [-0.25, -0.2) is 9.07 Å². The molecule has 5 aliphatic rings. The fraction of sp³-hybridized carbons (Fsp3) is 0.810. The Kier molecular flexibility index (Phi) is 5.09. The highest BCUT2D eigenvalue weighted by molar-refractivity contribution is 6.04. The van der Waals surface area contributed by atoms with Crippen LogP contribution in [0.25, 0.3) is 0 Å². The Morgan fingerprint density at radius 1 is 1.27 bits per heavy atom. The van der Waals surface area contributed by atoms with E-state index in [4.69, 9.17) is 0 Å². The third-order valence-electron chi connectivity index (χ3n) is 8.14. The zero-order valence-corrected chi connectivity index (χ0v) is 18.0. The van der Waals surface area contributed by atoms with Crippen LogP contribution in [0, 0.1) is 29.5 Å². The third kappa shape index (κ3) is 3.64. The SMILES string of the molecule is BN1CCC(CNc2c(F)c(C(=O)N[C@H]3C4CC5CC3C[C@](O)(C5)C4)nn2C)CC1. The number of aromatic nitrogens is 2. The van der Waals surface area contributed by atoms with Crippen LogP contribution in [0.1, 0.15) is 55.4 Å². The largest absolute Gasteiger partial charge is 0.390 e. The van der Waals surface area contributed by atoms with Gasteiger partial charge in [-0.3, -0.25) is 4.79 Å². The number of rotatable bonds is 5. The van der Waals surface area contributed by atoms with E-state index in [1.807, 2.05) is 0 Å². The van der Waals surface area contributed by atoms with Crippen molar-refractivity contribution in [1.82, 2.24) is 19.9 Å². The molecule has 4 bridgehead atoms. The van der Waals surface area contributed by atoms with Crippen molar-refractivity contribution in [2.75, 3.05) is 25.0 Å². The van der Waals surface area contributed by atoms with Crippen LogP contribution in [0.4, 0.5) is 10.2 Å². The molecule has 6 rings (SSSR count). The van der Waals surface area contributed by atoms with Gasteiger partial charge in [0.25, 0.3) is 5.91 Å². The molecule has 164 valence electrons. The van der Waals surface area contributed by atoms with E-state index in [1.165, 1.54) is 4.68 Å². The summed E-state index contributed by atoms with van der Waals surface area (Å²) in [6, 6.07) is 0.0198. The number of carbonyl (C=O) groups is 1. The van der Waals surface area contributed by atoms with E-state index in [-0.39, 0.29) is 11.7 Å². The second-order valence-corrected chi connectivity index (χ2v) is 10.5. The molecular formula is C21H33BFN5O2. The summed E-state index contributed by atoms with van der Waals surface area (Å²) in [5.41, 5.74) is -0.671. The van der Waals surface area contributed by atoms with Crippen LogP contribution in [-0.4, -0.2) is 64.9 Å². The van der Waals surface area contributed by atoms with Crippen molar-refractivity contribution >= 4 is 19.7 Å². The highest BCUT2D eigenvalue weighted by Gasteiger charge is 2.55. The van der Waals surface area contributed by atoms with Crippen molar-refractivity contribution in [2.24, 2.45) is 30.7 Å².